The van der Waals surface area contributed by atoms with Gasteiger partial charge >= 0.3 is 5.97 Å². The highest BCUT2D eigenvalue weighted by molar-refractivity contribution is 8.23. The van der Waals surface area contributed by atoms with E-state index in [-0.39, 0.29) is 12.0 Å². The molecule has 1 rings (SSSR count). The Morgan fingerprint density at radius 3 is 3.21 bits per heavy atom. The summed E-state index contributed by atoms with van der Waals surface area (Å²) in [6.07, 6.45) is 5.57. The molecule has 1 heterocycles. The number of carbonyl (C=O) groups excluding carboxylic acids is 1. The second-order valence-corrected chi connectivity index (χ2v) is 4.50. The molecule has 1 aliphatic rings. The van der Waals surface area contributed by atoms with Gasteiger partial charge in [0.1, 0.15) is 4.32 Å². The largest absolute Gasteiger partial charge is 0.469 e. The quantitative estimate of drug-likeness (QED) is 0.407. The molecule has 3 nitrogen and oxygen atoms in total. The molecule has 1 saturated heterocycles. The van der Waals surface area contributed by atoms with Crippen molar-refractivity contribution in [2.45, 2.75) is 12.5 Å². The van der Waals surface area contributed by atoms with Gasteiger partial charge in [-0.1, -0.05) is 29.9 Å². The van der Waals surface area contributed by atoms with Gasteiger partial charge in [-0.25, -0.2) is 0 Å². The van der Waals surface area contributed by atoms with Crippen LogP contribution in [0.5, 0.6) is 0 Å². The van der Waals surface area contributed by atoms with Crippen molar-refractivity contribution in [3.63, 3.8) is 0 Å². The first-order valence-corrected chi connectivity index (χ1v) is 5.52. The Balaban J connectivity index is 2.56. The average Bonchev–Trinajstić information content (AvgIpc) is 2.50. The maximum Gasteiger partial charge on any atom is 0.307 e. The molecule has 1 aliphatic heterocycles. The van der Waals surface area contributed by atoms with Crippen LogP contribution in [0.1, 0.15) is 6.42 Å². The summed E-state index contributed by atoms with van der Waals surface area (Å²) in [5.74, 6) is 3.13. The van der Waals surface area contributed by atoms with E-state index < -0.39 is 0 Å². The Bertz CT molecular complexity index is 285. The molecule has 0 aromatic carbocycles. The van der Waals surface area contributed by atoms with E-state index in [0.29, 0.717) is 13.0 Å². The molecule has 0 saturated carbocycles. The number of terminal acetylenes is 1. The van der Waals surface area contributed by atoms with Crippen LogP contribution in [0.2, 0.25) is 0 Å². The summed E-state index contributed by atoms with van der Waals surface area (Å²) in [5, 5.41) is 0. The number of thiocarbonyl (C=S) groups is 1. The van der Waals surface area contributed by atoms with Crippen LogP contribution in [-0.2, 0) is 9.53 Å². The summed E-state index contributed by atoms with van der Waals surface area (Å²) in [5.41, 5.74) is 0. The first-order chi connectivity index (χ1) is 6.69. The molecule has 1 unspecified atom stereocenters. The van der Waals surface area contributed by atoms with Crippen molar-refractivity contribution in [2.75, 3.05) is 19.4 Å². The van der Waals surface area contributed by atoms with Crippen LogP contribution in [-0.4, -0.2) is 40.6 Å². The van der Waals surface area contributed by atoms with Gasteiger partial charge in [0.15, 0.2) is 0 Å². The fourth-order valence-electron chi connectivity index (χ4n) is 1.23. The van der Waals surface area contributed by atoms with Crippen LogP contribution >= 0.6 is 24.0 Å². The SMILES string of the molecule is C#CCN1C(=S)SCC1CC(=O)OC. The van der Waals surface area contributed by atoms with E-state index in [4.69, 9.17) is 18.6 Å². The van der Waals surface area contributed by atoms with E-state index in [9.17, 15) is 4.79 Å². The van der Waals surface area contributed by atoms with Crippen LogP contribution in [0.25, 0.3) is 0 Å². The van der Waals surface area contributed by atoms with Crippen LogP contribution in [0.3, 0.4) is 0 Å². The summed E-state index contributed by atoms with van der Waals surface area (Å²) in [6, 6.07) is 0.0935. The van der Waals surface area contributed by atoms with E-state index in [1.54, 1.807) is 11.8 Å². The zero-order valence-corrected chi connectivity index (χ0v) is 9.49. The van der Waals surface area contributed by atoms with Crippen molar-refractivity contribution in [3.05, 3.63) is 0 Å². The lowest BCUT2D eigenvalue weighted by Crippen LogP contribution is -2.35. The molecule has 0 amide bonds. The fourth-order valence-corrected chi connectivity index (χ4v) is 2.66. The second kappa shape index (κ2) is 5.23. The first kappa shape index (κ1) is 11.3. The Hall–Kier alpha value is -0.730. The molecule has 0 bridgehead atoms. The van der Waals surface area contributed by atoms with Gasteiger partial charge in [0.05, 0.1) is 26.1 Å². The topological polar surface area (TPSA) is 29.5 Å². The van der Waals surface area contributed by atoms with Crippen molar-refractivity contribution >= 4 is 34.3 Å². The summed E-state index contributed by atoms with van der Waals surface area (Å²) in [7, 11) is 1.38. The third kappa shape index (κ3) is 2.63. The maximum atomic E-state index is 11.1. The number of nitrogens with zero attached hydrogens (tertiary/aromatic N) is 1. The highest BCUT2D eigenvalue weighted by atomic mass is 32.2. The van der Waals surface area contributed by atoms with Crippen LogP contribution in [0, 0.1) is 12.3 Å². The number of methoxy groups -OCH3 is 1. The molecule has 1 fully saturated rings. The summed E-state index contributed by atoms with van der Waals surface area (Å²) in [4.78, 5) is 13.0. The highest BCUT2D eigenvalue weighted by Gasteiger charge is 2.30. The Morgan fingerprint density at radius 2 is 2.64 bits per heavy atom. The minimum absolute atomic E-state index is 0.0935. The van der Waals surface area contributed by atoms with Crippen molar-refractivity contribution in [1.82, 2.24) is 4.90 Å². The molecule has 0 aliphatic carbocycles. The van der Waals surface area contributed by atoms with Gasteiger partial charge in [0.25, 0.3) is 0 Å². The van der Waals surface area contributed by atoms with Gasteiger partial charge in [-0.15, -0.1) is 6.42 Å². The lowest BCUT2D eigenvalue weighted by molar-refractivity contribution is -0.141. The van der Waals surface area contributed by atoms with E-state index in [0.717, 1.165) is 10.1 Å². The number of rotatable bonds is 3. The number of thioether (sulfide) groups is 1. The Labute approximate surface area is 93.2 Å². The van der Waals surface area contributed by atoms with Crippen molar-refractivity contribution in [1.29, 1.82) is 0 Å². The highest BCUT2D eigenvalue weighted by Crippen LogP contribution is 2.25. The molecule has 1 atom stereocenters. The Kier molecular flexibility index (Phi) is 4.23. The molecule has 0 spiro atoms. The van der Waals surface area contributed by atoms with Gasteiger partial charge in [0, 0.05) is 5.75 Å². The monoisotopic (exact) mass is 229 g/mol. The van der Waals surface area contributed by atoms with Gasteiger partial charge in [-0.05, 0) is 0 Å². The van der Waals surface area contributed by atoms with E-state index in [1.807, 2.05) is 4.90 Å². The predicted octanol–water partition coefficient (Wildman–Crippen LogP) is 0.885. The van der Waals surface area contributed by atoms with Crippen LogP contribution in [0.15, 0.2) is 0 Å². The van der Waals surface area contributed by atoms with Gasteiger partial charge in [-0.2, -0.15) is 0 Å². The number of hydrogen-bond acceptors (Lipinski definition) is 4. The average molecular weight is 229 g/mol. The summed E-state index contributed by atoms with van der Waals surface area (Å²) in [6.45, 7) is 0.466. The lowest BCUT2D eigenvalue weighted by atomic mass is 10.2. The molecule has 76 valence electrons. The zero-order chi connectivity index (χ0) is 10.6. The molecule has 0 aromatic rings. The molecule has 0 N–H and O–H groups in total. The number of ether oxygens (including phenoxy) is 1. The lowest BCUT2D eigenvalue weighted by Gasteiger charge is -2.21. The van der Waals surface area contributed by atoms with Crippen molar-refractivity contribution < 1.29 is 9.53 Å². The predicted molar refractivity (Wildman–Crippen MR) is 61.0 cm³/mol. The third-order valence-electron chi connectivity index (χ3n) is 1.97. The van der Waals surface area contributed by atoms with Gasteiger partial charge < -0.3 is 9.64 Å². The van der Waals surface area contributed by atoms with Gasteiger partial charge in [-0.3, -0.25) is 4.79 Å². The van der Waals surface area contributed by atoms with E-state index in [2.05, 4.69) is 10.7 Å². The minimum atomic E-state index is -0.220. The van der Waals surface area contributed by atoms with E-state index in [1.165, 1.54) is 7.11 Å². The summed E-state index contributed by atoms with van der Waals surface area (Å²) < 4.78 is 5.38. The normalized spacial score (nSPS) is 20.7. The standard InChI is InChI=1S/C9H11NO2S2/c1-3-4-10-7(5-8(11)12-2)6-14-9(10)13/h1,7H,4-6H2,2H3. The minimum Gasteiger partial charge on any atom is -0.469 e. The molecular weight excluding hydrogens is 218 g/mol. The smallest absolute Gasteiger partial charge is 0.307 e. The first-order valence-electron chi connectivity index (χ1n) is 4.12. The van der Waals surface area contributed by atoms with Gasteiger partial charge in [0.2, 0.25) is 0 Å². The van der Waals surface area contributed by atoms with Crippen molar-refractivity contribution in [3.8, 4) is 12.3 Å². The fraction of sp³-hybridized carbons (Fsp3) is 0.556. The molecule has 0 radical (unpaired) electrons. The van der Waals surface area contributed by atoms with Crippen molar-refractivity contribution in [2.24, 2.45) is 0 Å². The third-order valence-corrected chi connectivity index (χ3v) is 3.59. The second-order valence-electron chi connectivity index (χ2n) is 2.84. The number of esters is 1. The molecule has 14 heavy (non-hydrogen) atoms. The number of hydrogen-bond donors (Lipinski definition) is 0. The summed E-state index contributed by atoms with van der Waals surface area (Å²) >= 11 is 6.67. The maximum absolute atomic E-state index is 11.1. The van der Waals surface area contributed by atoms with E-state index >= 15 is 0 Å². The molecular formula is C9H11NO2S2. The molecule has 5 heteroatoms. The molecule has 0 aromatic heterocycles. The van der Waals surface area contributed by atoms with Crippen LogP contribution in [0.4, 0.5) is 0 Å². The zero-order valence-electron chi connectivity index (χ0n) is 7.86. The number of carbonyl (C=O) groups is 1. The van der Waals surface area contributed by atoms with Crippen LogP contribution < -0.4 is 0 Å². The Morgan fingerprint density at radius 1 is 1.93 bits per heavy atom.